The van der Waals surface area contributed by atoms with Crippen LogP contribution in [0.2, 0.25) is 0 Å². The van der Waals surface area contributed by atoms with E-state index in [0.29, 0.717) is 6.42 Å². The maximum Gasteiger partial charge on any atom is 0.417 e. The Morgan fingerprint density at radius 3 is 2.70 bits per heavy atom. The molecule has 1 spiro atoms. The minimum absolute atomic E-state index is 0.0684. The molecule has 2 heterocycles. The van der Waals surface area contributed by atoms with E-state index in [4.69, 9.17) is 0 Å². The number of nitrogens with one attached hydrogen (secondary N) is 1. The Labute approximate surface area is 114 Å². The van der Waals surface area contributed by atoms with E-state index in [2.05, 4.69) is 10.3 Å². The normalized spacial score (nSPS) is 24.6. The van der Waals surface area contributed by atoms with Gasteiger partial charge in [-0.05, 0) is 43.8 Å². The monoisotopic (exact) mass is 284 g/mol. The summed E-state index contributed by atoms with van der Waals surface area (Å²) in [5.41, 5.74) is -1.21. The average molecular weight is 284 g/mol. The molecule has 2 aliphatic rings. The van der Waals surface area contributed by atoms with Gasteiger partial charge in [-0.15, -0.1) is 0 Å². The summed E-state index contributed by atoms with van der Waals surface area (Å²) in [6.45, 7) is 1.67. The van der Waals surface area contributed by atoms with Crippen LogP contribution in [0.3, 0.4) is 0 Å². The molecule has 1 aromatic heterocycles. The van der Waals surface area contributed by atoms with E-state index in [1.54, 1.807) is 0 Å². The summed E-state index contributed by atoms with van der Waals surface area (Å²) < 4.78 is 38.8. The van der Waals surface area contributed by atoms with Crippen LogP contribution < -0.4 is 5.32 Å². The first kappa shape index (κ1) is 13.5. The van der Waals surface area contributed by atoms with Crippen LogP contribution in [0, 0.1) is 11.3 Å². The lowest BCUT2D eigenvalue weighted by molar-refractivity contribution is -0.138. The van der Waals surface area contributed by atoms with Gasteiger partial charge in [-0.2, -0.15) is 13.2 Å². The van der Waals surface area contributed by atoms with Gasteiger partial charge in [0.05, 0.1) is 5.56 Å². The largest absolute Gasteiger partial charge is 0.417 e. The Balaban J connectivity index is 1.86. The van der Waals surface area contributed by atoms with Gasteiger partial charge in [0.1, 0.15) is 0 Å². The van der Waals surface area contributed by atoms with Crippen LogP contribution in [0.4, 0.5) is 13.2 Å². The maximum atomic E-state index is 12.9. The van der Waals surface area contributed by atoms with Gasteiger partial charge in [0.2, 0.25) is 0 Å². The summed E-state index contributed by atoms with van der Waals surface area (Å²) in [5.74, 6) is -0.665. The second kappa shape index (κ2) is 4.55. The standard InChI is InChI=1S/C14H15F3N2O/c15-14(16,17)10-1-4-19-8-9(10)12(20)11-7-13(11)2-5-18-6-3-13/h1,4,8,11,18H,2-3,5-7H2. The van der Waals surface area contributed by atoms with Gasteiger partial charge in [-0.1, -0.05) is 0 Å². The number of nitrogens with zero attached hydrogens (tertiary/aromatic N) is 1. The fourth-order valence-electron chi connectivity index (χ4n) is 3.22. The fraction of sp³-hybridized carbons (Fsp3) is 0.571. The van der Waals surface area contributed by atoms with Crippen LogP contribution in [-0.2, 0) is 6.18 Å². The summed E-state index contributed by atoms with van der Waals surface area (Å²) in [7, 11) is 0. The highest BCUT2D eigenvalue weighted by Gasteiger charge is 2.58. The number of aromatic nitrogens is 1. The highest BCUT2D eigenvalue weighted by molar-refractivity contribution is 6.01. The van der Waals surface area contributed by atoms with Gasteiger partial charge in [0.25, 0.3) is 0 Å². The predicted octanol–water partition coefficient (Wildman–Crippen LogP) is 2.67. The number of rotatable bonds is 2. The van der Waals surface area contributed by atoms with Gasteiger partial charge in [-0.3, -0.25) is 9.78 Å². The molecule has 3 nitrogen and oxygen atoms in total. The first-order chi connectivity index (χ1) is 9.44. The van der Waals surface area contributed by atoms with Crippen molar-refractivity contribution in [3.63, 3.8) is 0 Å². The molecule has 0 amide bonds. The van der Waals surface area contributed by atoms with Crippen LogP contribution in [0.15, 0.2) is 18.5 Å². The van der Waals surface area contributed by atoms with E-state index in [1.807, 2.05) is 0 Å². The quantitative estimate of drug-likeness (QED) is 0.849. The van der Waals surface area contributed by atoms with Crippen molar-refractivity contribution in [3.8, 4) is 0 Å². The Morgan fingerprint density at radius 2 is 2.05 bits per heavy atom. The molecular weight excluding hydrogens is 269 g/mol. The van der Waals surface area contributed by atoms with Crippen molar-refractivity contribution in [3.05, 3.63) is 29.6 Å². The van der Waals surface area contributed by atoms with Crippen molar-refractivity contribution in [2.75, 3.05) is 13.1 Å². The zero-order valence-corrected chi connectivity index (χ0v) is 10.8. The lowest BCUT2D eigenvalue weighted by Gasteiger charge is -2.23. The molecule has 1 aromatic rings. The van der Waals surface area contributed by atoms with Crippen molar-refractivity contribution in [2.24, 2.45) is 11.3 Å². The van der Waals surface area contributed by atoms with Crippen LogP contribution in [0.25, 0.3) is 0 Å². The summed E-state index contributed by atoms with van der Waals surface area (Å²) in [6, 6.07) is 0.880. The molecular formula is C14H15F3N2O. The van der Waals surface area contributed by atoms with E-state index in [0.717, 1.165) is 44.4 Å². The zero-order valence-electron chi connectivity index (χ0n) is 10.8. The molecule has 1 aliphatic heterocycles. The molecule has 108 valence electrons. The highest BCUT2D eigenvalue weighted by atomic mass is 19.4. The number of carbonyl (C=O) groups excluding carboxylic acids is 1. The molecule has 0 radical (unpaired) electrons. The summed E-state index contributed by atoms with van der Waals surface area (Å²) >= 11 is 0. The van der Waals surface area contributed by atoms with Gasteiger partial charge in [-0.25, -0.2) is 0 Å². The number of ketones is 1. The number of carbonyl (C=O) groups is 1. The molecule has 1 atom stereocenters. The second-order valence-corrected chi connectivity index (χ2v) is 5.65. The molecule has 0 bridgehead atoms. The average Bonchev–Trinajstić information content (AvgIpc) is 3.11. The fourth-order valence-corrected chi connectivity index (χ4v) is 3.22. The molecule has 1 saturated heterocycles. The first-order valence-corrected chi connectivity index (χ1v) is 6.70. The molecule has 1 N–H and O–H groups in total. The van der Waals surface area contributed by atoms with Crippen molar-refractivity contribution in [2.45, 2.75) is 25.4 Å². The number of alkyl halides is 3. The van der Waals surface area contributed by atoms with Crippen molar-refractivity contribution in [1.82, 2.24) is 10.3 Å². The number of piperidine rings is 1. The Morgan fingerprint density at radius 1 is 1.35 bits per heavy atom. The number of pyridine rings is 1. The predicted molar refractivity (Wildman–Crippen MR) is 66.2 cm³/mol. The first-order valence-electron chi connectivity index (χ1n) is 6.70. The zero-order chi connectivity index (χ0) is 14.4. The lowest BCUT2D eigenvalue weighted by Crippen LogP contribution is -2.31. The molecule has 1 unspecified atom stereocenters. The van der Waals surface area contributed by atoms with E-state index >= 15 is 0 Å². The molecule has 6 heteroatoms. The van der Waals surface area contributed by atoms with E-state index in [9.17, 15) is 18.0 Å². The van der Waals surface area contributed by atoms with E-state index in [1.165, 1.54) is 0 Å². The third-order valence-corrected chi connectivity index (χ3v) is 4.50. The summed E-state index contributed by atoms with van der Waals surface area (Å²) in [4.78, 5) is 16.1. The Bertz CT molecular complexity index is 535. The lowest BCUT2D eigenvalue weighted by atomic mass is 9.89. The maximum absolute atomic E-state index is 12.9. The van der Waals surface area contributed by atoms with Gasteiger partial charge in [0.15, 0.2) is 5.78 Å². The van der Waals surface area contributed by atoms with Crippen molar-refractivity contribution in [1.29, 1.82) is 0 Å². The third-order valence-electron chi connectivity index (χ3n) is 4.50. The van der Waals surface area contributed by atoms with Crippen LogP contribution in [0.5, 0.6) is 0 Å². The Kier molecular flexibility index (Phi) is 3.08. The molecule has 1 saturated carbocycles. The SMILES string of the molecule is O=C(c1cnccc1C(F)(F)F)C1CC12CCNCC2. The van der Waals surface area contributed by atoms with Crippen molar-refractivity contribution < 1.29 is 18.0 Å². The molecule has 1 aliphatic carbocycles. The van der Waals surface area contributed by atoms with Crippen molar-refractivity contribution >= 4 is 5.78 Å². The second-order valence-electron chi connectivity index (χ2n) is 5.65. The number of hydrogen-bond donors (Lipinski definition) is 1. The minimum atomic E-state index is -4.51. The number of halogens is 3. The molecule has 20 heavy (non-hydrogen) atoms. The van der Waals surface area contributed by atoms with Gasteiger partial charge in [0, 0.05) is 23.9 Å². The highest BCUT2D eigenvalue weighted by Crippen LogP contribution is 2.59. The topological polar surface area (TPSA) is 42.0 Å². The van der Waals surface area contributed by atoms with Gasteiger partial charge >= 0.3 is 6.18 Å². The minimum Gasteiger partial charge on any atom is -0.317 e. The van der Waals surface area contributed by atoms with Crippen LogP contribution in [-0.4, -0.2) is 23.9 Å². The molecule has 2 fully saturated rings. The number of hydrogen-bond acceptors (Lipinski definition) is 3. The van der Waals surface area contributed by atoms with Gasteiger partial charge < -0.3 is 5.32 Å². The molecule has 3 rings (SSSR count). The number of Topliss-reactive ketones (excluding diaryl/α,β-unsaturated/α-hetero) is 1. The Hall–Kier alpha value is -1.43. The van der Waals surface area contributed by atoms with Crippen LogP contribution >= 0.6 is 0 Å². The van der Waals surface area contributed by atoms with Crippen LogP contribution in [0.1, 0.15) is 35.2 Å². The van der Waals surface area contributed by atoms with E-state index in [-0.39, 0.29) is 16.9 Å². The van der Waals surface area contributed by atoms with E-state index < -0.39 is 17.5 Å². The molecule has 0 aromatic carbocycles. The smallest absolute Gasteiger partial charge is 0.317 e. The third kappa shape index (κ3) is 2.22. The summed E-state index contributed by atoms with van der Waals surface area (Å²) in [5, 5.41) is 3.21. The summed E-state index contributed by atoms with van der Waals surface area (Å²) in [6.07, 6.45) is 0.0604.